The molecule has 0 unspecified atom stereocenters. The summed E-state index contributed by atoms with van der Waals surface area (Å²) >= 11 is 6.53. The second kappa shape index (κ2) is 7.97. The van der Waals surface area contributed by atoms with Gasteiger partial charge in [0.05, 0.1) is 17.8 Å². The number of carbonyl (C=O) groups excluding carboxylic acids is 2. The van der Waals surface area contributed by atoms with Gasteiger partial charge in [-0.15, -0.1) is 17.9 Å². The third-order valence-corrected chi connectivity index (χ3v) is 5.26. The first kappa shape index (κ1) is 19.0. The predicted octanol–water partition coefficient (Wildman–Crippen LogP) is 2.76. The van der Waals surface area contributed by atoms with E-state index in [4.69, 9.17) is 17.0 Å². The standard InChI is InChI=1S/C18H16N6O3S2/c1-2-5-24-14(22-23-18(24)28)7-11-9-29-17(19-11)21-16(26)10-3-4-12-13(6-10)27-8-15(25)20-12/h2-4,6,9H,1,5,7-8H2,(H,20,25)(H,23,28)(H,19,21,26). The van der Waals surface area contributed by atoms with Gasteiger partial charge in [-0.3, -0.25) is 24.6 Å². The van der Waals surface area contributed by atoms with Crippen molar-refractivity contribution in [3.8, 4) is 5.75 Å². The van der Waals surface area contributed by atoms with Crippen LogP contribution in [-0.4, -0.2) is 38.2 Å². The van der Waals surface area contributed by atoms with Gasteiger partial charge in [-0.2, -0.15) is 5.10 Å². The Labute approximate surface area is 174 Å². The Bertz CT molecular complexity index is 1160. The number of H-pyrrole nitrogens is 1. The smallest absolute Gasteiger partial charge is 0.262 e. The van der Waals surface area contributed by atoms with Crippen LogP contribution in [0.4, 0.5) is 10.8 Å². The van der Waals surface area contributed by atoms with Crippen LogP contribution in [0, 0.1) is 4.77 Å². The van der Waals surface area contributed by atoms with E-state index in [-0.39, 0.29) is 18.4 Å². The van der Waals surface area contributed by atoms with Gasteiger partial charge in [0.15, 0.2) is 16.5 Å². The van der Waals surface area contributed by atoms with Gasteiger partial charge < -0.3 is 10.1 Å². The number of benzene rings is 1. The fourth-order valence-corrected chi connectivity index (χ4v) is 3.73. The topological polar surface area (TPSA) is 114 Å². The highest BCUT2D eigenvalue weighted by atomic mass is 32.1. The largest absolute Gasteiger partial charge is 0.482 e. The summed E-state index contributed by atoms with van der Waals surface area (Å²) < 4.78 is 7.71. The molecule has 4 rings (SSSR count). The Morgan fingerprint density at radius 1 is 1.48 bits per heavy atom. The first-order chi connectivity index (χ1) is 14.0. The van der Waals surface area contributed by atoms with Gasteiger partial charge >= 0.3 is 0 Å². The normalized spacial score (nSPS) is 12.6. The molecule has 148 valence electrons. The number of amides is 2. The third-order valence-electron chi connectivity index (χ3n) is 4.14. The molecule has 1 aliphatic heterocycles. The second-order valence-corrected chi connectivity index (χ2v) is 7.41. The zero-order chi connectivity index (χ0) is 20.4. The quantitative estimate of drug-likeness (QED) is 0.411. The van der Waals surface area contributed by atoms with Gasteiger partial charge in [0.25, 0.3) is 11.8 Å². The van der Waals surface area contributed by atoms with Crippen molar-refractivity contribution in [3.63, 3.8) is 0 Å². The van der Waals surface area contributed by atoms with Crippen LogP contribution in [0.3, 0.4) is 0 Å². The molecule has 0 saturated heterocycles. The first-order valence-corrected chi connectivity index (χ1v) is 9.89. The number of carbonyl (C=O) groups is 2. The summed E-state index contributed by atoms with van der Waals surface area (Å²) in [5, 5.41) is 14.8. The van der Waals surface area contributed by atoms with Gasteiger partial charge in [-0.25, -0.2) is 4.98 Å². The highest BCUT2D eigenvalue weighted by Crippen LogP contribution is 2.29. The van der Waals surface area contributed by atoms with Gasteiger partial charge in [-0.05, 0) is 30.4 Å². The summed E-state index contributed by atoms with van der Waals surface area (Å²) in [5.74, 6) is 0.664. The molecule has 0 radical (unpaired) electrons. The van der Waals surface area contributed by atoms with Crippen LogP contribution >= 0.6 is 23.6 Å². The van der Waals surface area contributed by atoms with Crippen LogP contribution in [0.1, 0.15) is 21.9 Å². The number of rotatable bonds is 6. The summed E-state index contributed by atoms with van der Waals surface area (Å²) in [7, 11) is 0. The lowest BCUT2D eigenvalue weighted by Crippen LogP contribution is -2.25. The molecule has 0 spiro atoms. The van der Waals surface area contributed by atoms with E-state index in [0.29, 0.717) is 39.9 Å². The van der Waals surface area contributed by atoms with Crippen molar-refractivity contribution in [1.82, 2.24) is 19.7 Å². The number of anilines is 2. The van der Waals surface area contributed by atoms with Crippen LogP contribution in [0.2, 0.25) is 0 Å². The molecule has 29 heavy (non-hydrogen) atoms. The van der Waals surface area contributed by atoms with Crippen LogP contribution in [0.25, 0.3) is 0 Å². The molecule has 11 heteroatoms. The number of allylic oxidation sites excluding steroid dienone is 1. The van der Waals surface area contributed by atoms with Crippen molar-refractivity contribution >= 4 is 46.2 Å². The maximum atomic E-state index is 12.5. The van der Waals surface area contributed by atoms with E-state index in [0.717, 1.165) is 11.5 Å². The Morgan fingerprint density at radius 2 is 2.34 bits per heavy atom. The fourth-order valence-electron chi connectivity index (χ4n) is 2.80. The molecule has 1 aromatic carbocycles. The molecular weight excluding hydrogens is 412 g/mol. The molecular formula is C18H16N6O3S2. The average molecular weight is 428 g/mol. The molecule has 0 saturated carbocycles. The van der Waals surface area contributed by atoms with Gasteiger partial charge in [0.1, 0.15) is 11.6 Å². The lowest BCUT2D eigenvalue weighted by Gasteiger charge is -2.18. The average Bonchev–Trinajstić information content (AvgIpc) is 3.29. The number of aromatic amines is 1. The van der Waals surface area contributed by atoms with Crippen LogP contribution in [-0.2, 0) is 17.8 Å². The predicted molar refractivity (Wildman–Crippen MR) is 111 cm³/mol. The lowest BCUT2D eigenvalue weighted by atomic mass is 10.1. The van der Waals surface area contributed by atoms with Crippen LogP contribution in [0.5, 0.6) is 5.75 Å². The second-order valence-electron chi connectivity index (χ2n) is 6.17. The summed E-state index contributed by atoms with van der Waals surface area (Å²) in [6.45, 7) is 4.21. The monoisotopic (exact) mass is 428 g/mol. The molecule has 3 aromatic rings. The fraction of sp³-hybridized carbons (Fsp3) is 0.167. The minimum Gasteiger partial charge on any atom is -0.482 e. The molecule has 3 heterocycles. The number of nitrogens with zero attached hydrogens (tertiary/aromatic N) is 3. The molecule has 3 N–H and O–H groups in total. The van der Waals surface area contributed by atoms with Gasteiger partial charge in [0.2, 0.25) is 0 Å². The zero-order valence-corrected chi connectivity index (χ0v) is 16.7. The van der Waals surface area contributed by atoms with Crippen molar-refractivity contribution in [2.45, 2.75) is 13.0 Å². The number of fused-ring (bicyclic) bond motifs is 1. The highest BCUT2D eigenvalue weighted by molar-refractivity contribution is 7.71. The van der Waals surface area contributed by atoms with E-state index in [1.165, 1.54) is 11.3 Å². The van der Waals surface area contributed by atoms with Crippen molar-refractivity contribution in [1.29, 1.82) is 0 Å². The Kier molecular flexibility index (Phi) is 5.23. The van der Waals surface area contributed by atoms with Crippen LogP contribution < -0.4 is 15.4 Å². The number of aromatic nitrogens is 4. The van der Waals surface area contributed by atoms with Gasteiger partial charge in [0, 0.05) is 17.5 Å². The van der Waals surface area contributed by atoms with E-state index >= 15 is 0 Å². The van der Waals surface area contributed by atoms with E-state index in [9.17, 15) is 9.59 Å². The molecule has 0 atom stereocenters. The maximum absolute atomic E-state index is 12.5. The summed E-state index contributed by atoms with van der Waals surface area (Å²) in [4.78, 5) is 28.3. The van der Waals surface area contributed by atoms with Crippen molar-refractivity contribution in [2.24, 2.45) is 0 Å². The number of thiazole rings is 1. The van der Waals surface area contributed by atoms with Crippen molar-refractivity contribution in [2.75, 3.05) is 17.2 Å². The van der Waals surface area contributed by atoms with E-state index < -0.39 is 0 Å². The molecule has 9 nitrogen and oxygen atoms in total. The highest BCUT2D eigenvalue weighted by Gasteiger charge is 2.18. The molecule has 0 bridgehead atoms. The lowest BCUT2D eigenvalue weighted by molar-refractivity contribution is -0.118. The molecule has 0 fully saturated rings. The van der Waals surface area contributed by atoms with E-state index in [2.05, 4.69) is 32.4 Å². The van der Waals surface area contributed by atoms with E-state index in [1.807, 2.05) is 9.95 Å². The number of nitrogens with one attached hydrogen (secondary N) is 3. The molecule has 1 aliphatic rings. The van der Waals surface area contributed by atoms with Crippen LogP contribution in [0.15, 0.2) is 36.2 Å². The van der Waals surface area contributed by atoms with Crippen molar-refractivity contribution < 1.29 is 14.3 Å². The Balaban J connectivity index is 1.45. The maximum Gasteiger partial charge on any atom is 0.262 e. The van der Waals surface area contributed by atoms with Crippen molar-refractivity contribution in [3.05, 3.63) is 58.1 Å². The summed E-state index contributed by atoms with van der Waals surface area (Å²) in [6.07, 6.45) is 2.22. The first-order valence-electron chi connectivity index (χ1n) is 8.61. The summed E-state index contributed by atoms with van der Waals surface area (Å²) in [6, 6.07) is 4.84. The summed E-state index contributed by atoms with van der Waals surface area (Å²) in [5.41, 5.74) is 1.71. The molecule has 0 aliphatic carbocycles. The molecule has 2 aromatic heterocycles. The SMILES string of the molecule is C=CCn1c(Cc2csc(NC(=O)c3ccc4c(c3)OCC(=O)N4)n2)n[nH]c1=S. The zero-order valence-electron chi connectivity index (χ0n) is 15.1. The Morgan fingerprint density at radius 3 is 3.17 bits per heavy atom. The minimum atomic E-state index is -0.316. The Hall–Kier alpha value is -3.31. The number of ether oxygens (including phenoxy) is 1. The van der Waals surface area contributed by atoms with E-state index in [1.54, 1.807) is 24.3 Å². The molecule has 2 amide bonds. The van der Waals surface area contributed by atoms with Gasteiger partial charge in [-0.1, -0.05) is 6.08 Å². The number of hydrogen-bond acceptors (Lipinski definition) is 7. The minimum absolute atomic E-state index is 0.0705. The number of hydrogen-bond donors (Lipinski definition) is 3. The third kappa shape index (κ3) is 4.10.